The van der Waals surface area contributed by atoms with Crippen LogP contribution in [0.1, 0.15) is 84.5 Å². The van der Waals surface area contributed by atoms with Gasteiger partial charge in [0.1, 0.15) is 17.8 Å². The summed E-state index contributed by atoms with van der Waals surface area (Å²) >= 11 is 0. The first kappa shape index (κ1) is 25.8. The van der Waals surface area contributed by atoms with Crippen LogP contribution in [0.25, 0.3) is 5.69 Å². The number of rotatable bonds is 9. The van der Waals surface area contributed by atoms with E-state index in [-0.39, 0.29) is 29.7 Å². The summed E-state index contributed by atoms with van der Waals surface area (Å²) in [5, 5.41) is 6.29. The lowest BCUT2D eigenvalue weighted by atomic mass is 10.00. The molecule has 2 saturated carbocycles. The van der Waals surface area contributed by atoms with E-state index in [0.717, 1.165) is 68.4 Å². The summed E-state index contributed by atoms with van der Waals surface area (Å²) in [7, 11) is 1.57. The Bertz CT molecular complexity index is 1460. The number of carbonyl (C=O) groups excluding carboxylic acids is 2. The summed E-state index contributed by atoms with van der Waals surface area (Å²) in [6.07, 6.45) is 11.7. The number of esters is 1. The van der Waals surface area contributed by atoms with Crippen LogP contribution in [0.2, 0.25) is 0 Å². The van der Waals surface area contributed by atoms with E-state index in [1.807, 2.05) is 4.57 Å². The lowest BCUT2D eigenvalue weighted by Crippen LogP contribution is -2.42. The van der Waals surface area contributed by atoms with Gasteiger partial charge in [-0.25, -0.2) is 14.8 Å². The molecule has 0 spiro atoms. The van der Waals surface area contributed by atoms with Crippen molar-refractivity contribution in [2.75, 3.05) is 17.3 Å². The molecule has 40 heavy (non-hydrogen) atoms. The molecule has 1 aliphatic heterocycles. The SMILES string of the molecule is C=COC(=O)c1ncn2c1[C@@H](CC)N(C1CCCC1)c1nc(Nc3ccc(C(=O)NC4CC4)cc3OC)ncc1-2. The predicted molar refractivity (Wildman–Crippen MR) is 149 cm³/mol. The van der Waals surface area contributed by atoms with Gasteiger partial charge in [0.15, 0.2) is 11.5 Å². The van der Waals surface area contributed by atoms with Crippen LogP contribution in [0.3, 0.4) is 0 Å². The zero-order valence-electron chi connectivity index (χ0n) is 22.7. The average Bonchev–Trinajstić information content (AvgIpc) is 3.42. The molecule has 6 rings (SSSR count). The standard InChI is InChI=1S/C29H33N7O4/c1-4-21-25-24(28(38)40-5-2)31-16-35(25)22-15-30-29(34-26(22)36(21)19-8-6-7-9-19)33-20-13-10-17(14-23(20)39-3)27(37)32-18-11-12-18/h5,10,13-16,18-19,21H,2,4,6-9,11-12H2,1,3H3,(H,32,37)(H,30,33,34)/t21-/m1/s1. The fraction of sp³-hybridized carbons (Fsp3) is 0.414. The number of nitrogens with one attached hydrogen (secondary N) is 2. The van der Waals surface area contributed by atoms with E-state index in [1.165, 1.54) is 0 Å². The molecule has 3 heterocycles. The number of imidazole rings is 1. The van der Waals surface area contributed by atoms with Crippen LogP contribution in [0, 0.1) is 0 Å². The van der Waals surface area contributed by atoms with Crippen LogP contribution in [-0.2, 0) is 4.74 Å². The van der Waals surface area contributed by atoms with Gasteiger partial charge in [-0.05, 0) is 50.3 Å². The molecule has 2 aromatic heterocycles. The molecule has 0 radical (unpaired) electrons. The van der Waals surface area contributed by atoms with Crippen LogP contribution in [0.15, 0.2) is 43.6 Å². The summed E-state index contributed by atoms with van der Waals surface area (Å²) in [5.41, 5.74) is 3.00. The van der Waals surface area contributed by atoms with Gasteiger partial charge in [-0.3, -0.25) is 9.36 Å². The van der Waals surface area contributed by atoms with E-state index in [2.05, 4.69) is 39.0 Å². The van der Waals surface area contributed by atoms with Gasteiger partial charge in [-0.15, -0.1) is 0 Å². The molecule has 208 valence electrons. The molecule has 0 unspecified atom stereocenters. The van der Waals surface area contributed by atoms with Crippen molar-refractivity contribution in [3.05, 3.63) is 60.5 Å². The normalized spacial score (nSPS) is 18.1. The van der Waals surface area contributed by atoms with Crippen LogP contribution in [0.4, 0.5) is 17.5 Å². The van der Waals surface area contributed by atoms with Crippen molar-refractivity contribution in [2.24, 2.45) is 0 Å². The molecule has 2 aliphatic carbocycles. The Morgan fingerprint density at radius 2 is 1.98 bits per heavy atom. The van der Waals surface area contributed by atoms with E-state index < -0.39 is 5.97 Å². The average molecular weight is 544 g/mol. The minimum absolute atomic E-state index is 0.109. The Morgan fingerprint density at radius 3 is 2.67 bits per heavy atom. The second-order valence-electron chi connectivity index (χ2n) is 10.4. The van der Waals surface area contributed by atoms with Crippen molar-refractivity contribution in [1.82, 2.24) is 24.8 Å². The summed E-state index contributed by atoms with van der Waals surface area (Å²) in [6.45, 7) is 5.62. The molecular weight excluding hydrogens is 510 g/mol. The number of anilines is 3. The fourth-order valence-electron chi connectivity index (χ4n) is 5.78. The first-order valence-electron chi connectivity index (χ1n) is 13.8. The van der Waals surface area contributed by atoms with Crippen molar-refractivity contribution in [3.63, 3.8) is 0 Å². The second kappa shape index (κ2) is 10.6. The maximum absolute atomic E-state index is 12.8. The number of methoxy groups -OCH3 is 1. The zero-order valence-corrected chi connectivity index (χ0v) is 22.7. The van der Waals surface area contributed by atoms with Crippen molar-refractivity contribution >= 4 is 29.3 Å². The molecule has 3 aliphatic rings. The molecule has 1 amide bonds. The minimum Gasteiger partial charge on any atom is -0.495 e. The zero-order chi connectivity index (χ0) is 27.8. The van der Waals surface area contributed by atoms with Gasteiger partial charge in [-0.1, -0.05) is 26.3 Å². The van der Waals surface area contributed by atoms with Crippen molar-refractivity contribution in [3.8, 4) is 11.4 Å². The summed E-state index contributed by atoms with van der Waals surface area (Å²) < 4.78 is 12.6. The van der Waals surface area contributed by atoms with Crippen LogP contribution in [-0.4, -0.2) is 50.6 Å². The van der Waals surface area contributed by atoms with Gasteiger partial charge in [0.2, 0.25) is 5.95 Å². The Kier molecular flexibility index (Phi) is 6.87. The van der Waals surface area contributed by atoms with Crippen LogP contribution < -0.4 is 20.3 Å². The fourth-order valence-corrected chi connectivity index (χ4v) is 5.78. The third-order valence-corrected chi connectivity index (χ3v) is 7.82. The number of ether oxygens (including phenoxy) is 2. The molecule has 0 saturated heterocycles. The van der Waals surface area contributed by atoms with Gasteiger partial charge in [0, 0.05) is 17.6 Å². The quantitative estimate of drug-likeness (QED) is 0.289. The largest absolute Gasteiger partial charge is 0.495 e. The molecule has 2 fully saturated rings. The highest BCUT2D eigenvalue weighted by Gasteiger charge is 2.40. The summed E-state index contributed by atoms with van der Waals surface area (Å²) in [4.78, 5) is 41.6. The molecule has 11 heteroatoms. The molecule has 2 N–H and O–H groups in total. The minimum atomic E-state index is -0.530. The maximum Gasteiger partial charge on any atom is 0.363 e. The number of benzene rings is 1. The van der Waals surface area contributed by atoms with Gasteiger partial charge >= 0.3 is 5.97 Å². The Labute approximate surface area is 232 Å². The third kappa shape index (κ3) is 4.65. The first-order chi connectivity index (χ1) is 19.5. The molecule has 11 nitrogen and oxygen atoms in total. The van der Waals surface area contributed by atoms with Gasteiger partial charge < -0.3 is 25.0 Å². The van der Waals surface area contributed by atoms with Crippen LogP contribution >= 0.6 is 0 Å². The van der Waals surface area contributed by atoms with Gasteiger partial charge in [0.25, 0.3) is 5.91 Å². The second-order valence-corrected chi connectivity index (χ2v) is 10.4. The molecule has 3 aromatic rings. The summed E-state index contributed by atoms with van der Waals surface area (Å²) in [6, 6.07) is 5.72. The molecule has 0 bridgehead atoms. The number of hydrogen-bond donors (Lipinski definition) is 2. The van der Waals surface area contributed by atoms with E-state index in [1.54, 1.807) is 37.8 Å². The van der Waals surface area contributed by atoms with Gasteiger partial charge in [0.05, 0.1) is 37.0 Å². The van der Waals surface area contributed by atoms with E-state index in [4.69, 9.17) is 14.5 Å². The highest BCUT2D eigenvalue weighted by molar-refractivity contribution is 5.95. The van der Waals surface area contributed by atoms with Crippen molar-refractivity contribution in [1.29, 1.82) is 0 Å². The number of nitrogens with zero attached hydrogens (tertiary/aromatic N) is 5. The number of aromatic nitrogens is 4. The Hall–Kier alpha value is -4.41. The molecule has 1 atom stereocenters. The number of carbonyl (C=O) groups is 2. The number of amides is 1. The maximum atomic E-state index is 12.8. The first-order valence-corrected chi connectivity index (χ1v) is 13.8. The van der Waals surface area contributed by atoms with Crippen molar-refractivity contribution in [2.45, 2.75) is 70.0 Å². The highest BCUT2D eigenvalue weighted by Crippen LogP contribution is 2.45. The van der Waals surface area contributed by atoms with E-state index >= 15 is 0 Å². The molecule has 1 aromatic carbocycles. The topological polar surface area (TPSA) is 124 Å². The lowest BCUT2D eigenvalue weighted by Gasteiger charge is -2.42. The monoisotopic (exact) mass is 543 g/mol. The van der Waals surface area contributed by atoms with E-state index in [0.29, 0.717) is 22.9 Å². The number of hydrogen-bond acceptors (Lipinski definition) is 9. The highest BCUT2D eigenvalue weighted by atomic mass is 16.5. The number of fused-ring (bicyclic) bond motifs is 3. The van der Waals surface area contributed by atoms with Crippen molar-refractivity contribution < 1.29 is 19.1 Å². The lowest BCUT2D eigenvalue weighted by molar-refractivity contribution is 0.0655. The predicted octanol–water partition coefficient (Wildman–Crippen LogP) is 4.82. The Morgan fingerprint density at radius 1 is 1.18 bits per heavy atom. The Balaban J connectivity index is 1.37. The van der Waals surface area contributed by atoms with Crippen LogP contribution in [0.5, 0.6) is 5.75 Å². The van der Waals surface area contributed by atoms with E-state index in [9.17, 15) is 9.59 Å². The smallest absolute Gasteiger partial charge is 0.363 e. The van der Waals surface area contributed by atoms with Gasteiger partial charge in [-0.2, -0.15) is 4.98 Å². The summed E-state index contributed by atoms with van der Waals surface area (Å²) in [5.74, 6) is 1.07. The third-order valence-electron chi connectivity index (χ3n) is 7.82. The molecular formula is C29H33N7O4.